The Balaban J connectivity index is 2.04. The number of rotatable bonds is 3. The zero-order valence-corrected chi connectivity index (χ0v) is 13.0. The molecule has 0 spiro atoms. The number of pyridine rings is 1. The van der Waals surface area contributed by atoms with E-state index in [1.54, 1.807) is 0 Å². The van der Waals surface area contributed by atoms with Crippen LogP contribution < -0.4 is 10.6 Å². The number of nitrogens with zero attached hydrogens (tertiary/aromatic N) is 2. The summed E-state index contributed by atoms with van der Waals surface area (Å²) in [5, 5.41) is 1.22. The minimum absolute atomic E-state index is 0.541. The molecule has 2 N–H and O–H groups in total. The van der Waals surface area contributed by atoms with E-state index in [9.17, 15) is 0 Å². The second-order valence-corrected chi connectivity index (χ2v) is 6.39. The monoisotopic (exact) mass is 283 g/mol. The van der Waals surface area contributed by atoms with Crippen LogP contribution in [0, 0.1) is 5.92 Å². The van der Waals surface area contributed by atoms with Gasteiger partial charge in [0.2, 0.25) is 0 Å². The Hall–Kier alpha value is -1.61. The smallest absolute Gasteiger partial charge is 0.0723 e. The number of hydrogen-bond acceptors (Lipinski definition) is 3. The van der Waals surface area contributed by atoms with Gasteiger partial charge in [0.25, 0.3) is 0 Å². The number of hydrogen-bond donors (Lipinski definition) is 1. The maximum atomic E-state index is 5.97. The highest BCUT2D eigenvalue weighted by Gasteiger charge is 2.25. The minimum atomic E-state index is 0.541. The van der Waals surface area contributed by atoms with Crippen LogP contribution in [0.25, 0.3) is 10.9 Å². The van der Waals surface area contributed by atoms with Crippen molar-refractivity contribution in [1.29, 1.82) is 0 Å². The molecule has 2 unspecified atom stereocenters. The Labute approximate surface area is 127 Å². The van der Waals surface area contributed by atoms with Crippen LogP contribution >= 0.6 is 0 Å². The van der Waals surface area contributed by atoms with Crippen LogP contribution in [0.15, 0.2) is 30.5 Å². The SMILES string of the molecule is CC1CCCC(N(C)c2c(CN)cnc3ccccc23)C1. The molecule has 0 amide bonds. The molecule has 3 heteroatoms. The number of benzene rings is 1. The molecule has 1 heterocycles. The van der Waals surface area contributed by atoms with E-state index in [0.29, 0.717) is 12.6 Å². The lowest BCUT2D eigenvalue weighted by Crippen LogP contribution is -2.36. The zero-order valence-electron chi connectivity index (χ0n) is 13.0. The van der Waals surface area contributed by atoms with E-state index < -0.39 is 0 Å². The van der Waals surface area contributed by atoms with Crippen molar-refractivity contribution in [3.8, 4) is 0 Å². The van der Waals surface area contributed by atoms with Crippen LogP contribution in [-0.2, 0) is 6.54 Å². The topological polar surface area (TPSA) is 42.1 Å². The van der Waals surface area contributed by atoms with Gasteiger partial charge >= 0.3 is 0 Å². The van der Waals surface area contributed by atoms with Crippen LogP contribution in [0.4, 0.5) is 5.69 Å². The van der Waals surface area contributed by atoms with E-state index in [-0.39, 0.29) is 0 Å². The van der Waals surface area contributed by atoms with Crippen molar-refractivity contribution in [3.63, 3.8) is 0 Å². The molecular weight excluding hydrogens is 258 g/mol. The summed E-state index contributed by atoms with van der Waals surface area (Å²) >= 11 is 0. The van der Waals surface area contributed by atoms with Crippen LogP contribution in [0.1, 0.15) is 38.2 Å². The molecule has 21 heavy (non-hydrogen) atoms. The normalized spacial score (nSPS) is 22.4. The van der Waals surface area contributed by atoms with Crippen molar-refractivity contribution in [1.82, 2.24) is 4.98 Å². The van der Waals surface area contributed by atoms with E-state index >= 15 is 0 Å². The Morgan fingerprint density at radius 3 is 2.86 bits per heavy atom. The molecule has 3 rings (SSSR count). The summed E-state index contributed by atoms with van der Waals surface area (Å²) in [6.07, 6.45) is 7.20. The summed E-state index contributed by atoms with van der Waals surface area (Å²) in [4.78, 5) is 7.01. The number of anilines is 1. The van der Waals surface area contributed by atoms with Gasteiger partial charge in [-0.15, -0.1) is 0 Å². The summed E-state index contributed by atoms with van der Waals surface area (Å²) in [5.74, 6) is 0.820. The van der Waals surface area contributed by atoms with Gasteiger partial charge in [-0.3, -0.25) is 4.98 Å². The van der Waals surface area contributed by atoms with Crippen molar-refractivity contribution in [2.75, 3.05) is 11.9 Å². The Kier molecular flexibility index (Phi) is 4.11. The first kappa shape index (κ1) is 14.3. The first-order valence-corrected chi connectivity index (χ1v) is 8.00. The van der Waals surface area contributed by atoms with E-state index in [1.165, 1.54) is 36.8 Å². The van der Waals surface area contributed by atoms with E-state index in [1.807, 2.05) is 12.3 Å². The molecule has 2 aromatic rings. The van der Waals surface area contributed by atoms with Gasteiger partial charge in [-0.05, 0) is 24.8 Å². The summed E-state index contributed by atoms with van der Waals surface area (Å²) in [7, 11) is 2.23. The second-order valence-electron chi connectivity index (χ2n) is 6.39. The van der Waals surface area contributed by atoms with E-state index in [4.69, 9.17) is 5.73 Å². The highest BCUT2D eigenvalue weighted by atomic mass is 15.1. The van der Waals surface area contributed by atoms with Gasteiger partial charge < -0.3 is 10.6 Å². The van der Waals surface area contributed by atoms with E-state index in [2.05, 4.69) is 42.1 Å². The molecule has 1 aliphatic carbocycles. The molecule has 1 aromatic heterocycles. The zero-order chi connectivity index (χ0) is 14.8. The van der Waals surface area contributed by atoms with Gasteiger partial charge in [-0.2, -0.15) is 0 Å². The standard InChI is InChI=1S/C18H25N3/c1-13-6-5-7-15(10-13)21(2)18-14(11-19)12-20-17-9-4-3-8-16(17)18/h3-4,8-9,12-13,15H,5-7,10-11,19H2,1-2H3. The Morgan fingerprint density at radius 2 is 2.10 bits per heavy atom. The molecule has 1 fully saturated rings. The molecule has 3 nitrogen and oxygen atoms in total. The lowest BCUT2D eigenvalue weighted by molar-refractivity contribution is 0.336. The van der Waals surface area contributed by atoms with Gasteiger partial charge in [-0.1, -0.05) is 38.0 Å². The Bertz CT molecular complexity index is 623. The quantitative estimate of drug-likeness (QED) is 0.933. The molecule has 1 saturated carbocycles. The highest BCUT2D eigenvalue weighted by Crippen LogP contribution is 2.34. The lowest BCUT2D eigenvalue weighted by Gasteiger charge is -2.37. The van der Waals surface area contributed by atoms with Crippen LogP contribution in [-0.4, -0.2) is 18.1 Å². The van der Waals surface area contributed by atoms with Gasteiger partial charge in [0.15, 0.2) is 0 Å². The van der Waals surface area contributed by atoms with Crippen LogP contribution in [0.5, 0.6) is 0 Å². The highest BCUT2D eigenvalue weighted by molar-refractivity contribution is 5.93. The molecular formula is C18H25N3. The molecule has 0 aliphatic heterocycles. The maximum Gasteiger partial charge on any atom is 0.0723 e. The first-order chi connectivity index (χ1) is 10.2. The fourth-order valence-corrected chi connectivity index (χ4v) is 3.67. The van der Waals surface area contributed by atoms with Crippen LogP contribution in [0.3, 0.4) is 0 Å². The summed E-state index contributed by atoms with van der Waals surface area (Å²) in [6.45, 7) is 2.91. The molecule has 2 atom stereocenters. The van der Waals surface area contributed by atoms with Crippen molar-refractivity contribution in [3.05, 3.63) is 36.0 Å². The maximum absolute atomic E-state index is 5.97. The molecule has 112 valence electrons. The van der Waals surface area contributed by atoms with Crippen molar-refractivity contribution in [2.45, 2.75) is 45.2 Å². The molecule has 0 radical (unpaired) electrons. The van der Waals surface area contributed by atoms with Gasteiger partial charge in [0.05, 0.1) is 11.2 Å². The third kappa shape index (κ3) is 2.75. The average Bonchev–Trinajstić information content (AvgIpc) is 2.53. The average molecular weight is 283 g/mol. The fraction of sp³-hybridized carbons (Fsp3) is 0.500. The van der Waals surface area contributed by atoms with Gasteiger partial charge in [0.1, 0.15) is 0 Å². The summed E-state index contributed by atoms with van der Waals surface area (Å²) < 4.78 is 0. The third-order valence-corrected chi connectivity index (χ3v) is 4.85. The number of nitrogens with two attached hydrogens (primary N) is 1. The van der Waals surface area contributed by atoms with Crippen molar-refractivity contribution >= 4 is 16.6 Å². The minimum Gasteiger partial charge on any atom is -0.371 e. The third-order valence-electron chi connectivity index (χ3n) is 4.85. The largest absolute Gasteiger partial charge is 0.371 e. The molecule has 0 saturated heterocycles. The number of aromatic nitrogens is 1. The lowest BCUT2D eigenvalue weighted by atomic mass is 9.86. The van der Waals surface area contributed by atoms with Gasteiger partial charge in [-0.25, -0.2) is 0 Å². The van der Waals surface area contributed by atoms with Crippen molar-refractivity contribution < 1.29 is 0 Å². The first-order valence-electron chi connectivity index (χ1n) is 8.00. The number of para-hydroxylation sites is 1. The summed E-state index contributed by atoms with van der Waals surface area (Å²) in [6, 6.07) is 9.00. The van der Waals surface area contributed by atoms with Crippen LogP contribution in [0.2, 0.25) is 0 Å². The van der Waals surface area contributed by atoms with E-state index in [0.717, 1.165) is 17.0 Å². The molecule has 1 aromatic carbocycles. The molecule has 1 aliphatic rings. The predicted molar refractivity (Wildman–Crippen MR) is 89.5 cm³/mol. The molecule has 0 bridgehead atoms. The van der Waals surface area contributed by atoms with Gasteiger partial charge in [0, 0.05) is 36.8 Å². The second kappa shape index (κ2) is 6.02. The van der Waals surface area contributed by atoms with Crippen molar-refractivity contribution in [2.24, 2.45) is 11.7 Å². The summed E-state index contributed by atoms with van der Waals surface area (Å²) in [5.41, 5.74) is 9.45. The number of fused-ring (bicyclic) bond motifs is 1. The fourth-order valence-electron chi connectivity index (χ4n) is 3.67. The predicted octanol–water partition coefficient (Wildman–Crippen LogP) is 3.71. The Morgan fingerprint density at radius 1 is 1.29 bits per heavy atom.